The summed E-state index contributed by atoms with van der Waals surface area (Å²) in [5.41, 5.74) is 1.28. The van der Waals surface area contributed by atoms with E-state index in [-0.39, 0.29) is 36.9 Å². The van der Waals surface area contributed by atoms with E-state index < -0.39 is 30.8 Å². The summed E-state index contributed by atoms with van der Waals surface area (Å²) in [4.78, 5) is 40.0. The van der Waals surface area contributed by atoms with Crippen molar-refractivity contribution in [1.82, 2.24) is 15.1 Å². The van der Waals surface area contributed by atoms with E-state index in [2.05, 4.69) is 10.2 Å². The van der Waals surface area contributed by atoms with E-state index >= 15 is 0 Å². The molecule has 184 valence electrons. The molecule has 0 spiro atoms. The first-order valence-electron chi connectivity index (χ1n) is 11.6. The number of fused-ring (bicyclic) bond motifs is 1. The van der Waals surface area contributed by atoms with Crippen LogP contribution >= 0.6 is 0 Å². The number of hydrogen-bond donors (Lipinski definition) is 1. The van der Waals surface area contributed by atoms with Gasteiger partial charge in [0.2, 0.25) is 11.8 Å². The third kappa shape index (κ3) is 4.38. The number of imide groups is 1. The van der Waals surface area contributed by atoms with Gasteiger partial charge in [-0.1, -0.05) is 0 Å². The van der Waals surface area contributed by atoms with Crippen LogP contribution in [0.4, 0.5) is 13.2 Å². The molecule has 1 aromatic carbocycles. The average Bonchev–Trinajstić information content (AvgIpc) is 3.34. The van der Waals surface area contributed by atoms with E-state index in [1.165, 1.54) is 4.90 Å². The molecule has 3 fully saturated rings. The Morgan fingerprint density at radius 2 is 1.85 bits per heavy atom. The summed E-state index contributed by atoms with van der Waals surface area (Å²) in [5, 5.41) is 2.29. The summed E-state index contributed by atoms with van der Waals surface area (Å²) < 4.78 is 48.8. The number of amides is 3. The van der Waals surface area contributed by atoms with E-state index in [1.807, 2.05) is 6.07 Å². The van der Waals surface area contributed by atoms with Crippen molar-refractivity contribution in [1.29, 1.82) is 0 Å². The zero-order chi connectivity index (χ0) is 24.0. The Morgan fingerprint density at radius 3 is 2.59 bits per heavy atom. The number of hydrogen-bond acceptors (Lipinski definition) is 6. The van der Waals surface area contributed by atoms with E-state index in [4.69, 9.17) is 9.47 Å². The number of nitrogens with one attached hydrogen (secondary N) is 1. The van der Waals surface area contributed by atoms with Crippen molar-refractivity contribution < 1.29 is 37.0 Å². The molecule has 0 bridgehead atoms. The predicted molar refractivity (Wildman–Crippen MR) is 112 cm³/mol. The minimum atomic E-state index is -3.14. The Bertz CT molecular complexity index is 987. The Balaban J connectivity index is 1.20. The van der Waals surface area contributed by atoms with Crippen LogP contribution < -0.4 is 10.1 Å². The van der Waals surface area contributed by atoms with Gasteiger partial charge >= 0.3 is 0 Å². The molecule has 3 aliphatic heterocycles. The van der Waals surface area contributed by atoms with Gasteiger partial charge in [-0.05, 0) is 49.4 Å². The highest BCUT2D eigenvalue weighted by Gasteiger charge is 2.43. The van der Waals surface area contributed by atoms with Crippen molar-refractivity contribution >= 4 is 17.7 Å². The molecule has 11 heteroatoms. The van der Waals surface area contributed by atoms with Crippen LogP contribution in [0.5, 0.6) is 5.75 Å². The second-order valence-electron chi connectivity index (χ2n) is 9.27. The minimum absolute atomic E-state index is 0.0827. The maximum Gasteiger partial charge on any atom is 0.293 e. The maximum atomic E-state index is 13.1. The fraction of sp³-hybridized carbons (Fsp3) is 0.609. The van der Waals surface area contributed by atoms with Crippen LogP contribution in [0.3, 0.4) is 0 Å². The zero-order valence-electron chi connectivity index (χ0n) is 18.4. The first kappa shape index (κ1) is 23.1. The van der Waals surface area contributed by atoms with Gasteiger partial charge in [-0.3, -0.25) is 24.6 Å². The van der Waals surface area contributed by atoms with Crippen molar-refractivity contribution in [2.45, 2.75) is 75.7 Å². The summed E-state index contributed by atoms with van der Waals surface area (Å²) in [6.07, 6.45) is -3.19. The van der Waals surface area contributed by atoms with Crippen molar-refractivity contribution in [2.24, 2.45) is 0 Å². The molecule has 1 saturated carbocycles. The van der Waals surface area contributed by atoms with Crippen molar-refractivity contribution in [3.8, 4) is 5.75 Å². The average molecular weight is 481 g/mol. The van der Waals surface area contributed by atoms with Crippen LogP contribution in [0, 0.1) is 0 Å². The highest BCUT2D eigenvalue weighted by Crippen LogP contribution is 2.35. The number of likely N-dealkylation sites (tertiary alicyclic amines) is 1. The number of ether oxygens (including phenoxy) is 2. The van der Waals surface area contributed by atoms with Gasteiger partial charge in [0.15, 0.2) is 0 Å². The Hall–Kier alpha value is -2.66. The maximum absolute atomic E-state index is 13.1. The van der Waals surface area contributed by atoms with E-state index in [9.17, 15) is 27.6 Å². The molecule has 2 saturated heterocycles. The topological polar surface area (TPSA) is 88.2 Å². The number of rotatable bonds is 7. The highest BCUT2D eigenvalue weighted by molar-refractivity contribution is 6.05. The first-order chi connectivity index (χ1) is 16.3. The quantitative estimate of drug-likeness (QED) is 0.600. The van der Waals surface area contributed by atoms with Crippen LogP contribution in [0.1, 0.15) is 48.0 Å². The molecule has 4 unspecified atom stereocenters. The van der Waals surface area contributed by atoms with Gasteiger partial charge in [-0.2, -0.15) is 0 Å². The molecule has 4 aliphatic rings. The standard InChI is InChI=1S/C23H26F3N3O5/c24-20(25)21(26)34-14-10-28(11-14)16-2-1-3-18(16)33-13-4-5-15-12(8-13)9-29(23(15)32)17-6-7-19(30)27-22(17)31/h4-5,8,14,16-18,20-21H,1-3,6-7,9-11H2,(H,27,30,31). The van der Waals surface area contributed by atoms with Crippen LogP contribution in [0.15, 0.2) is 18.2 Å². The molecule has 0 aromatic heterocycles. The van der Waals surface area contributed by atoms with Gasteiger partial charge in [0.25, 0.3) is 18.7 Å². The second-order valence-corrected chi connectivity index (χ2v) is 9.27. The zero-order valence-corrected chi connectivity index (χ0v) is 18.4. The van der Waals surface area contributed by atoms with Gasteiger partial charge in [-0.15, -0.1) is 0 Å². The molecule has 3 amide bonds. The first-order valence-corrected chi connectivity index (χ1v) is 11.6. The van der Waals surface area contributed by atoms with Crippen molar-refractivity contribution in [3.05, 3.63) is 29.3 Å². The fourth-order valence-corrected chi connectivity index (χ4v) is 5.33. The molecule has 1 aliphatic carbocycles. The molecule has 8 nitrogen and oxygen atoms in total. The largest absolute Gasteiger partial charge is 0.489 e. The molecular formula is C23H26F3N3O5. The van der Waals surface area contributed by atoms with Gasteiger partial charge in [0.1, 0.15) is 17.9 Å². The van der Waals surface area contributed by atoms with Gasteiger partial charge in [0.05, 0.1) is 6.10 Å². The summed E-state index contributed by atoms with van der Waals surface area (Å²) >= 11 is 0. The third-order valence-electron chi connectivity index (χ3n) is 7.07. The lowest BCUT2D eigenvalue weighted by atomic mass is 10.0. The van der Waals surface area contributed by atoms with Crippen LogP contribution in [0.2, 0.25) is 0 Å². The smallest absolute Gasteiger partial charge is 0.293 e. The van der Waals surface area contributed by atoms with Crippen LogP contribution in [-0.2, 0) is 20.9 Å². The van der Waals surface area contributed by atoms with Crippen LogP contribution in [-0.4, -0.2) is 77.7 Å². The predicted octanol–water partition coefficient (Wildman–Crippen LogP) is 2.01. The summed E-state index contributed by atoms with van der Waals surface area (Å²) in [5.74, 6) is -0.405. The van der Waals surface area contributed by atoms with Crippen molar-refractivity contribution in [2.75, 3.05) is 13.1 Å². The molecule has 1 aromatic rings. The number of piperidine rings is 1. The number of carbonyl (C=O) groups is 3. The monoisotopic (exact) mass is 481 g/mol. The fourth-order valence-electron chi connectivity index (χ4n) is 5.33. The molecule has 3 heterocycles. The van der Waals surface area contributed by atoms with E-state index in [0.29, 0.717) is 30.8 Å². The number of carbonyl (C=O) groups excluding carboxylic acids is 3. The molecule has 0 radical (unpaired) electrons. The van der Waals surface area contributed by atoms with Gasteiger partial charge < -0.3 is 14.4 Å². The minimum Gasteiger partial charge on any atom is -0.489 e. The Labute approximate surface area is 194 Å². The van der Waals surface area contributed by atoms with Crippen LogP contribution in [0.25, 0.3) is 0 Å². The van der Waals surface area contributed by atoms with E-state index in [1.54, 1.807) is 12.1 Å². The number of halogens is 3. The normalized spacial score (nSPS) is 28.8. The summed E-state index contributed by atoms with van der Waals surface area (Å²) in [6, 6.07) is 4.66. The SMILES string of the molecule is O=C1CCC(N2Cc3cc(OC4CCCC4N4CC(OC(F)C(F)F)C4)ccc3C2=O)C(=O)N1. The molecule has 4 atom stereocenters. The molecule has 1 N–H and O–H groups in total. The Kier molecular flexibility index (Phi) is 6.24. The van der Waals surface area contributed by atoms with Gasteiger partial charge in [0, 0.05) is 37.7 Å². The number of benzene rings is 1. The number of nitrogens with zero attached hydrogens (tertiary/aromatic N) is 2. The molecule has 34 heavy (non-hydrogen) atoms. The lowest BCUT2D eigenvalue weighted by Crippen LogP contribution is -2.59. The number of alkyl halides is 3. The van der Waals surface area contributed by atoms with E-state index in [0.717, 1.165) is 24.8 Å². The third-order valence-corrected chi connectivity index (χ3v) is 7.07. The summed E-state index contributed by atoms with van der Waals surface area (Å²) in [7, 11) is 0. The lowest BCUT2D eigenvalue weighted by molar-refractivity contribution is -0.195. The summed E-state index contributed by atoms with van der Waals surface area (Å²) in [6.45, 7) is 1.04. The van der Waals surface area contributed by atoms with Crippen molar-refractivity contribution in [3.63, 3.8) is 0 Å². The lowest BCUT2D eigenvalue weighted by Gasteiger charge is -2.44. The Morgan fingerprint density at radius 1 is 1.06 bits per heavy atom. The van der Waals surface area contributed by atoms with Gasteiger partial charge in [-0.25, -0.2) is 13.2 Å². The highest BCUT2D eigenvalue weighted by atomic mass is 19.3. The second kappa shape index (κ2) is 9.18. The molecule has 5 rings (SSSR count). The molecular weight excluding hydrogens is 455 g/mol.